The van der Waals surface area contributed by atoms with Gasteiger partial charge in [0, 0.05) is 28.6 Å². The Bertz CT molecular complexity index is 996. The molecule has 0 radical (unpaired) electrons. The van der Waals surface area contributed by atoms with E-state index in [0.29, 0.717) is 0 Å². The number of anilines is 2. The minimum atomic E-state index is 0.247. The fourth-order valence-electron chi connectivity index (χ4n) is 3.59. The molecular formula is C24H24N4S2. The highest BCUT2D eigenvalue weighted by Gasteiger charge is 2.20. The molecule has 0 spiro atoms. The van der Waals surface area contributed by atoms with Crippen LogP contribution in [0.2, 0.25) is 0 Å². The summed E-state index contributed by atoms with van der Waals surface area (Å²) in [6, 6.07) is 27.9. The summed E-state index contributed by atoms with van der Waals surface area (Å²) >= 11 is 3.63. The third-order valence-corrected chi connectivity index (χ3v) is 7.30. The first-order valence-electron chi connectivity index (χ1n) is 10.2. The van der Waals surface area contributed by atoms with Crippen LogP contribution in [0.4, 0.5) is 11.4 Å². The number of para-hydroxylation sites is 1. The summed E-state index contributed by atoms with van der Waals surface area (Å²) in [5, 5.41) is 11.6. The predicted octanol–water partition coefficient (Wildman–Crippen LogP) is 5.58. The van der Waals surface area contributed by atoms with Crippen molar-refractivity contribution >= 4 is 40.1 Å². The number of fused-ring (bicyclic) bond motifs is 1. The van der Waals surface area contributed by atoms with Crippen LogP contribution in [0.1, 0.15) is 17.2 Å². The maximum Gasteiger partial charge on any atom is 0.161 e. The van der Waals surface area contributed by atoms with Crippen LogP contribution >= 0.6 is 23.5 Å². The van der Waals surface area contributed by atoms with E-state index in [2.05, 4.69) is 88.7 Å². The minimum absolute atomic E-state index is 0.247. The summed E-state index contributed by atoms with van der Waals surface area (Å²) in [7, 11) is 0. The molecule has 3 aromatic rings. The molecular weight excluding hydrogens is 408 g/mol. The number of benzene rings is 3. The number of nitrogens with zero attached hydrogens (tertiary/aromatic N) is 1. The zero-order valence-electron chi connectivity index (χ0n) is 16.5. The lowest BCUT2D eigenvalue weighted by Gasteiger charge is -2.13. The molecule has 30 heavy (non-hydrogen) atoms. The van der Waals surface area contributed by atoms with Crippen LogP contribution in [0, 0.1) is 0 Å². The third kappa shape index (κ3) is 4.67. The number of thioether (sulfide) groups is 2. The molecule has 152 valence electrons. The zero-order chi connectivity index (χ0) is 20.2. The van der Waals surface area contributed by atoms with Gasteiger partial charge in [-0.15, -0.1) is 0 Å². The molecule has 2 heterocycles. The molecule has 0 amide bonds. The summed E-state index contributed by atoms with van der Waals surface area (Å²) in [4.78, 5) is 6.15. The first-order valence-corrected chi connectivity index (χ1v) is 12.1. The largest absolute Gasteiger partial charge is 0.360 e. The van der Waals surface area contributed by atoms with Crippen molar-refractivity contribution in [3.8, 4) is 0 Å². The Morgan fingerprint density at radius 1 is 0.933 bits per heavy atom. The van der Waals surface area contributed by atoms with E-state index in [4.69, 9.17) is 4.99 Å². The number of amidine groups is 1. The van der Waals surface area contributed by atoms with Crippen molar-refractivity contribution in [3.63, 3.8) is 0 Å². The van der Waals surface area contributed by atoms with E-state index in [-0.39, 0.29) is 11.5 Å². The van der Waals surface area contributed by atoms with Gasteiger partial charge in [-0.1, -0.05) is 78.1 Å². The number of hydrogen-bond donors (Lipinski definition) is 3. The van der Waals surface area contributed by atoms with E-state index in [9.17, 15) is 0 Å². The first-order chi connectivity index (χ1) is 14.8. The molecule has 3 aromatic carbocycles. The highest BCUT2D eigenvalue weighted by Crippen LogP contribution is 2.36. The van der Waals surface area contributed by atoms with Gasteiger partial charge in [0.15, 0.2) is 5.17 Å². The Morgan fingerprint density at radius 3 is 2.57 bits per heavy atom. The lowest BCUT2D eigenvalue weighted by molar-refractivity contribution is 0.695. The van der Waals surface area contributed by atoms with E-state index >= 15 is 0 Å². The van der Waals surface area contributed by atoms with Crippen molar-refractivity contribution in [2.45, 2.75) is 22.9 Å². The fourth-order valence-corrected chi connectivity index (χ4v) is 5.62. The van der Waals surface area contributed by atoms with E-state index in [1.165, 1.54) is 21.7 Å². The summed E-state index contributed by atoms with van der Waals surface area (Å²) in [6.07, 6.45) is 1.00. The average Bonchev–Trinajstić information content (AvgIpc) is 3.42. The number of hydrogen-bond acceptors (Lipinski definition) is 6. The molecule has 2 unspecified atom stereocenters. The highest BCUT2D eigenvalue weighted by atomic mass is 32.2. The Labute approximate surface area is 186 Å². The van der Waals surface area contributed by atoms with Gasteiger partial charge in [-0.25, -0.2) is 0 Å². The first kappa shape index (κ1) is 19.5. The van der Waals surface area contributed by atoms with Crippen LogP contribution in [0.3, 0.4) is 0 Å². The van der Waals surface area contributed by atoms with Gasteiger partial charge in [-0.2, -0.15) is 0 Å². The Morgan fingerprint density at radius 2 is 1.73 bits per heavy atom. The average molecular weight is 433 g/mol. The lowest BCUT2D eigenvalue weighted by Crippen LogP contribution is -2.32. The van der Waals surface area contributed by atoms with E-state index in [1.807, 2.05) is 17.8 Å². The molecule has 4 nitrogen and oxygen atoms in total. The van der Waals surface area contributed by atoms with Crippen LogP contribution in [-0.4, -0.2) is 23.0 Å². The van der Waals surface area contributed by atoms with Crippen molar-refractivity contribution in [1.29, 1.82) is 0 Å². The highest BCUT2D eigenvalue weighted by molar-refractivity contribution is 8.14. The molecule has 0 fully saturated rings. The van der Waals surface area contributed by atoms with Crippen LogP contribution in [-0.2, 0) is 6.42 Å². The number of rotatable bonds is 6. The monoisotopic (exact) mass is 432 g/mol. The topological polar surface area (TPSA) is 48.4 Å². The second-order valence-corrected chi connectivity index (χ2v) is 9.49. The summed E-state index contributed by atoms with van der Waals surface area (Å²) in [5.41, 5.74) is 5.17. The van der Waals surface area contributed by atoms with Crippen molar-refractivity contribution in [2.24, 2.45) is 4.99 Å². The van der Waals surface area contributed by atoms with Crippen LogP contribution < -0.4 is 16.0 Å². The van der Waals surface area contributed by atoms with Gasteiger partial charge in [0.2, 0.25) is 0 Å². The molecule has 6 heteroatoms. The van der Waals surface area contributed by atoms with Gasteiger partial charge < -0.3 is 10.6 Å². The van der Waals surface area contributed by atoms with Crippen LogP contribution in [0.25, 0.3) is 0 Å². The van der Waals surface area contributed by atoms with E-state index < -0.39 is 0 Å². The quantitative estimate of drug-likeness (QED) is 0.475. The maximum atomic E-state index is 4.84. The van der Waals surface area contributed by atoms with Crippen molar-refractivity contribution in [2.75, 3.05) is 22.9 Å². The lowest BCUT2D eigenvalue weighted by atomic mass is 10.1. The smallest absolute Gasteiger partial charge is 0.161 e. The van der Waals surface area contributed by atoms with E-state index in [1.54, 1.807) is 11.8 Å². The van der Waals surface area contributed by atoms with Gasteiger partial charge in [-0.05, 0) is 41.8 Å². The molecule has 2 aliphatic rings. The maximum absolute atomic E-state index is 4.84. The molecule has 2 aliphatic heterocycles. The fraction of sp³-hybridized carbons (Fsp3) is 0.208. The van der Waals surface area contributed by atoms with Crippen LogP contribution in [0.15, 0.2) is 88.8 Å². The molecule has 0 bridgehead atoms. The second-order valence-electron chi connectivity index (χ2n) is 7.34. The summed E-state index contributed by atoms with van der Waals surface area (Å²) in [5.74, 6) is 0.993. The Hall–Kier alpha value is -2.41. The summed E-state index contributed by atoms with van der Waals surface area (Å²) in [6.45, 7) is 0.937. The van der Waals surface area contributed by atoms with E-state index in [0.717, 1.165) is 29.6 Å². The molecule has 2 atom stereocenters. The standard InChI is InChI=1S/C24H24N4S2/c1-2-6-18(7-3-1)21-16-29-24(28-21)26-19-12-10-17(11-13-19)14-15-25-23-27-20-8-4-5-9-22(20)30-23/h1-13,21,23,25,27H,14-16H2,(H,26,28). The second kappa shape index (κ2) is 9.16. The van der Waals surface area contributed by atoms with Gasteiger partial charge in [0.25, 0.3) is 0 Å². The van der Waals surface area contributed by atoms with Gasteiger partial charge in [-0.3, -0.25) is 10.3 Å². The van der Waals surface area contributed by atoms with Crippen LogP contribution in [0.5, 0.6) is 0 Å². The molecule has 5 rings (SSSR count). The van der Waals surface area contributed by atoms with Crippen molar-refractivity contribution in [1.82, 2.24) is 5.32 Å². The normalized spacial score (nSPS) is 19.8. The molecule has 3 N–H and O–H groups in total. The van der Waals surface area contributed by atoms with Crippen molar-refractivity contribution < 1.29 is 0 Å². The van der Waals surface area contributed by atoms with Gasteiger partial charge in [0.1, 0.15) is 5.50 Å². The molecule has 0 aromatic heterocycles. The third-order valence-electron chi connectivity index (χ3n) is 5.20. The van der Waals surface area contributed by atoms with Gasteiger partial charge >= 0.3 is 0 Å². The Balaban J connectivity index is 1.10. The zero-order valence-corrected chi connectivity index (χ0v) is 18.2. The number of nitrogens with one attached hydrogen (secondary N) is 3. The SMILES string of the molecule is c1ccc(C2CSC(Nc3ccc(CCNC4Nc5ccccc5S4)cc3)=N2)cc1. The minimum Gasteiger partial charge on any atom is -0.360 e. The molecule has 0 saturated heterocycles. The summed E-state index contributed by atoms with van der Waals surface area (Å²) < 4.78 is 0. The van der Waals surface area contributed by atoms with Gasteiger partial charge in [0.05, 0.1) is 6.04 Å². The Kier molecular flexibility index (Phi) is 5.97. The predicted molar refractivity (Wildman–Crippen MR) is 131 cm³/mol. The number of aliphatic imine (C=N–C) groups is 1. The molecule has 0 aliphatic carbocycles. The molecule has 0 saturated carbocycles. The van der Waals surface area contributed by atoms with Crippen molar-refractivity contribution in [3.05, 3.63) is 90.0 Å².